The smallest absolute Gasteiger partial charge is 0.251 e. The van der Waals surface area contributed by atoms with Crippen molar-refractivity contribution >= 4 is 17.1 Å². The van der Waals surface area contributed by atoms with Crippen molar-refractivity contribution in [3.05, 3.63) is 53.9 Å². The van der Waals surface area contributed by atoms with Crippen molar-refractivity contribution in [3.8, 4) is 5.75 Å². The molecule has 4 heterocycles. The number of hydrogen-bond acceptors (Lipinski definition) is 2. The van der Waals surface area contributed by atoms with Gasteiger partial charge in [-0.3, -0.25) is 4.79 Å². The van der Waals surface area contributed by atoms with Gasteiger partial charge < -0.3 is 14.6 Å². The number of nitrogens with one attached hydrogen (secondary N) is 1. The number of hydrogen-bond donors (Lipinski definition) is 1. The van der Waals surface area contributed by atoms with Crippen LogP contribution < -0.4 is 10.1 Å². The van der Waals surface area contributed by atoms with Gasteiger partial charge in [0.15, 0.2) is 5.54 Å². The summed E-state index contributed by atoms with van der Waals surface area (Å²) in [6.07, 6.45) is 6.69. The summed E-state index contributed by atoms with van der Waals surface area (Å²) in [7, 11) is 0. The van der Waals surface area contributed by atoms with Gasteiger partial charge in [0.25, 0.3) is 5.91 Å². The van der Waals surface area contributed by atoms with Crippen LogP contribution in [0.5, 0.6) is 5.75 Å². The largest absolute Gasteiger partial charge is 0.488 e. The van der Waals surface area contributed by atoms with Gasteiger partial charge in [-0.05, 0) is 31.0 Å². The molecule has 1 aromatic carbocycles. The van der Waals surface area contributed by atoms with Crippen molar-refractivity contribution in [1.82, 2.24) is 9.88 Å². The first-order valence-electron chi connectivity index (χ1n) is 9.27. The Morgan fingerprint density at radius 3 is 2.96 bits per heavy atom. The standard InChI is InChI=1S/C21H20N2O2/c24-20-21(15-7-2-3-8-16(15)22-20)19-13-6-1-4-10-18(13)25-12-14(19)17-9-5-11-23(17)21/h1,4-6,9-11,15-16H,2-3,7-8,12H2,(H,22,24). The summed E-state index contributed by atoms with van der Waals surface area (Å²) in [5.74, 6) is 1.39. The van der Waals surface area contributed by atoms with Gasteiger partial charge in [0.2, 0.25) is 0 Å². The second kappa shape index (κ2) is 4.57. The Morgan fingerprint density at radius 1 is 1.12 bits per heavy atom. The molecule has 1 aliphatic carbocycles. The van der Waals surface area contributed by atoms with Crippen molar-refractivity contribution in [3.63, 3.8) is 0 Å². The quantitative estimate of drug-likeness (QED) is 0.805. The molecule has 4 heteroatoms. The Balaban J connectivity index is 1.68. The van der Waals surface area contributed by atoms with Gasteiger partial charge in [0.05, 0.1) is 0 Å². The average molecular weight is 332 g/mol. The highest BCUT2D eigenvalue weighted by atomic mass is 16.5. The number of rotatable bonds is 0. The van der Waals surface area contributed by atoms with Crippen molar-refractivity contribution < 1.29 is 9.53 Å². The molecule has 2 fully saturated rings. The lowest BCUT2D eigenvalue weighted by Crippen LogP contribution is -2.45. The van der Waals surface area contributed by atoms with Crippen molar-refractivity contribution in [1.29, 1.82) is 0 Å². The first-order valence-corrected chi connectivity index (χ1v) is 9.27. The van der Waals surface area contributed by atoms with E-state index in [-0.39, 0.29) is 5.91 Å². The zero-order valence-corrected chi connectivity index (χ0v) is 14.0. The number of nitrogens with zero attached hydrogens (tertiary/aromatic N) is 1. The molecule has 4 aliphatic rings. The number of benzene rings is 1. The number of carbonyl (C=O) groups excluding carboxylic acids is 1. The summed E-state index contributed by atoms with van der Waals surface area (Å²) in [4.78, 5) is 13.5. The lowest BCUT2D eigenvalue weighted by molar-refractivity contribution is -0.125. The molecule has 0 radical (unpaired) electrons. The summed E-state index contributed by atoms with van der Waals surface area (Å²) in [5, 5.41) is 3.35. The molecule has 1 saturated heterocycles. The summed E-state index contributed by atoms with van der Waals surface area (Å²) < 4.78 is 8.28. The Morgan fingerprint density at radius 2 is 2.00 bits per heavy atom. The van der Waals surface area contributed by atoms with Gasteiger partial charge in [-0.25, -0.2) is 0 Å². The van der Waals surface area contributed by atoms with E-state index in [1.165, 1.54) is 24.0 Å². The molecule has 1 saturated carbocycles. The predicted molar refractivity (Wildman–Crippen MR) is 95.0 cm³/mol. The first kappa shape index (κ1) is 13.8. The molecular weight excluding hydrogens is 312 g/mol. The van der Waals surface area contributed by atoms with Crippen LogP contribution >= 0.6 is 0 Å². The lowest BCUT2D eigenvalue weighted by Gasteiger charge is -2.38. The van der Waals surface area contributed by atoms with Gasteiger partial charge in [-0.15, -0.1) is 0 Å². The van der Waals surface area contributed by atoms with Crippen LogP contribution in [0.4, 0.5) is 0 Å². The van der Waals surface area contributed by atoms with Gasteiger partial charge in [-0.1, -0.05) is 31.0 Å². The van der Waals surface area contributed by atoms with E-state index in [1.807, 2.05) is 18.2 Å². The first-order chi connectivity index (χ1) is 12.3. The van der Waals surface area contributed by atoms with E-state index in [4.69, 9.17) is 4.74 Å². The van der Waals surface area contributed by atoms with E-state index in [9.17, 15) is 4.79 Å². The normalized spacial score (nSPS) is 31.9. The number of carbonyl (C=O) groups is 1. The highest BCUT2D eigenvalue weighted by molar-refractivity contribution is 6.12. The van der Waals surface area contributed by atoms with Gasteiger partial charge in [0.1, 0.15) is 12.4 Å². The summed E-state index contributed by atoms with van der Waals surface area (Å²) >= 11 is 0. The maximum Gasteiger partial charge on any atom is 0.251 e. The molecule has 4 nitrogen and oxygen atoms in total. The van der Waals surface area contributed by atoms with E-state index < -0.39 is 5.54 Å². The van der Waals surface area contributed by atoms with Crippen LogP contribution in [0.3, 0.4) is 0 Å². The van der Waals surface area contributed by atoms with E-state index in [0.29, 0.717) is 18.6 Å². The van der Waals surface area contributed by atoms with Gasteiger partial charge in [-0.2, -0.15) is 0 Å². The average Bonchev–Trinajstić information content (AvgIpc) is 3.30. The fourth-order valence-corrected chi connectivity index (χ4v) is 5.71. The molecule has 1 aromatic heterocycles. The zero-order valence-electron chi connectivity index (χ0n) is 14.0. The minimum atomic E-state index is -0.598. The molecule has 1 N–H and O–H groups in total. The molecule has 3 unspecified atom stereocenters. The van der Waals surface area contributed by atoms with E-state index in [2.05, 4.69) is 34.3 Å². The number of amides is 1. The molecule has 25 heavy (non-hydrogen) atoms. The van der Waals surface area contributed by atoms with Crippen molar-refractivity contribution in [2.75, 3.05) is 6.61 Å². The Labute approximate surface area is 146 Å². The van der Waals surface area contributed by atoms with Gasteiger partial charge >= 0.3 is 0 Å². The molecule has 1 amide bonds. The van der Waals surface area contributed by atoms with Crippen LogP contribution in [0, 0.1) is 5.92 Å². The van der Waals surface area contributed by atoms with Crippen LogP contribution in [0.15, 0.2) is 42.6 Å². The predicted octanol–water partition coefficient (Wildman–Crippen LogP) is 3.19. The number of aromatic nitrogens is 1. The van der Waals surface area contributed by atoms with E-state index in [1.54, 1.807) is 0 Å². The zero-order chi connectivity index (χ0) is 16.6. The van der Waals surface area contributed by atoms with Crippen LogP contribution in [-0.4, -0.2) is 23.1 Å². The summed E-state index contributed by atoms with van der Waals surface area (Å²) in [6, 6.07) is 12.7. The minimum absolute atomic E-state index is 0.170. The summed E-state index contributed by atoms with van der Waals surface area (Å²) in [5.41, 5.74) is 4.01. The molecule has 2 aromatic rings. The highest BCUT2D eigenvalue weighted by Crippen LogP contribution is 2.59. The Hall–Kier alpha value is -2.49. The Kier molecular flexibility index (Phi) is 2.51. The second-order valence-corrected chi connectivity index (χ2v) is 7.64. The summed E-state index contributed by atoms with van der Waals surface area (Å²) in [6.45, 7) is 0.544. The van der Waals surface area contributed by atoms with Crippen molar-refractivity contribution in [2.45, 2.75) is 37.3 Å². The third kappa shape index (κ3) is 1.47. The topological polar surface area (TPSA) is 43.3 Å². The van der Waals surface area contributed by atoms with Crippen LogP contribution in [0.1, 0.15) is 36.9 Å². The fraction of sp³-hybridized carbons (Fsp3) is 0.381. The van der Waals surface area contributed by atoms with Crippen LogP contribution in [0.2, 0.25) is 0 Å². The molecule has 1 spiro atoms. The number of fused-ring (bicyclic) bond motifs is 8. The highest BCUT2D eigenvalue weighted by Gasteiger charge is 2.63. The molecule has 3 aliphatic heterocycles. The van der Waals surface area contributed by atoms with E-state index >= 15 is 0 Å². The van der Waals surface area contributed by atoms with Crippen molar-refractivity contribution in [2.24, 2.45) is 5.92 Å². The molecule has 6 rings (SSSR count). The number of ether oxygens (including phenoxy) is 1. The van der Waals surface area contributed by atoms with Gasteiger partial charge in [0, 0.05) is 40.6 Å². The third-order valence-corrected chi connectivity index (χ3v) is 6.61. The van der Waals surface area contributed by atoms with Crippen LogP contribution in [0.25, 0.3) is 11.1 Å². The van der Waals surface area contributed by atoms with Crippen LogP contribution in [-0.2, 0) is 10.3 Å². The van der Waals surface area contributed by atoms with E-state index in [0.717, 1.165) is 29.8 Å². The Bertz CT molecular complexity index is 941. The molecule has 3 atom stereocenters. The maximum atomic E-state index is 13.5. The molecule has 126 valence electrons. The maximum absolute atomic E-state index is 13.5. The third-order valence-electron chi connectivity index (χ3n) is 6.61. The SMILES string of the molecule is O=C1NC2CCCCC2C12C1=C(COc3ccccc31)c1cccn12. The monoisotopic (exact) mass is 332 g/mol. The number of para-hydroxylation sites is 1. The lowest BCUT2D eigenvalue weighted by atomic mass is 9.69. The minimum Gasteiger partial charge on any atom is -0.488 e. The molecule has 0 bridgehead atoms. The fourth-order valence-electron chi connectivity index (χ4n) is 5.71. The molecular formula is C21H20N2O2. The second-order valence-electron chi connectivity index (χ2n) is 7.64.